The fourth-order valence-electron chi connectivity index (χ4n) is 2.14. The summed E-state index contributed by atoms with van der Waals surface area (Å²) in [6.07, 6.45) is 1.86. The van der Waals surface area contributed by atoms with E-state index in [2.05, 4.69) is 4.99 Å². The van der Waals surface area contributed by atoms with Crippen LogP contribution in [0.5, 0.6) is 5.75 Å². The lowest BCUT2D eigenvalue weighted by Gasteiger charge is -2.32. The fourth-order valence-corrected chi connectivity index (χ4v) is 2.14. The summed E-state index contributed by atoms with van der Waals surface area (Å²) in [5.41, 5.74) is 5.28. The van der Waals surface area contributed by atoms with Crippen LogP contribution in [0.25, 0.3) is 0 Å². The smallest absolute Gasteiger partial charge is 0.441 e. The Labute approximate surface area is 130 Å². The molecule has 2 rings (SSSR count). The largest absolute Gasteiger partial charge is 0.512 e. The van der Waals surface area contributed by atoms with E-state index >= 15 is 0 Å². The third-order valence-electron chi connectivity index (χ3n) is 3.67. The van der Waals surface area contributed by atoms with E-state index in [9.17, 15) is 9.90 Å². The molecule has 1 aromatic carbocycles. The van der Waals surface area contributed by atoms with Crippen LogP contribution in [0.3, 0.4) is 0 Å². The number of aliphatic hydroxyl groups is 1. The van der Waals surface area contributed by atoms with Crippen molar-refractivity contribution >= 4 is 11.9 Å². The van der Waals surface area contributed by atoms with Gasteiger partial charge in [0.2, 0.25) is 0 Å². The van der Waals surface area contributed by atoms with E-state index < -0.39 is 11.5 Å². The summed E-state index contributed by atoms with van der Waals surface area (Å²) in [6, 6.07) is 8.57. The number of para-hydroxylation sites is 1. The van der Waals surface area contributed by atoms with Crippen molar-refractivity contribution in [3.63, 3.8) is 0 Å². The molecule has 0 unspecified atom stereocenters. The van der Waals surface area contributed by atoms with Gasteiger partial charge in [0.1, 0.15) is 17.3 Å². The first-order valence-corrected chi connectivity index (χ1v) is 7.09. The van der Waals surface area contributed by atoms with E-state index in [1.807, 2.05) is 13.0 Å². The molecule has 1 fully saturated rings. The lowest BCUT2D eigenvalue weighted by molar-refractivity contribution is 0.0224. The van der Waals surface area contributed by atoms with Crippen molar-refractivity contribution in [3.05, 3.63) is 42.2 Å². The molecule has 0 atom stereocenters. The number of amides is 1. The molecular weight excluding hydrogens is 284 g/mol. The first-order valence-electron chi connectivity index (χ1n) is 7.09. The van der Waals surface area contributed by atoms with Gasteiger partial charge in [-0.2, -0.15) is 4.99 Å². The van der Waals surface area contributed by atoms with Crippen molar-refractivity contribution in [1.82, 2.24) is 0 Å². The third-order valence-corrected chi connectivity index (χ3v) is 3.67. The highest BCUT2D eigenvalue weighted by Crippen LogP contribution is 2.35. The van der Waals surface area contributed by atoms with Gasteiger partial charge < -0.3 is 20.3 Å². The van der Waals surface area contributed by atoms with Gasteiger partial charge in [0.25, 0.3) is 0 Å². The number of carbonyl (C=O) groups excluding carboxylic acids is 1. The summed E-state index contributed by atoms with van der Waals surface area (Å²) in [5.74, 6) is 0.393. The summed E-state index contributed by atoms with van der Waals surface area (Å²) in [6.45, 7) is 3.10. The number of carbonyl (C=O) groups is 1. The van der Waals surface area contributed by atoms with Crippen LogP contribution in [-0.2, 0) is 4.74 Å². The summed E-state index contributed by atoms with van der Waals surface area (Å²) in [5, 5.41) is 10.2. The lowest BCUT2D eigenvalue weighted by Crippen LogP contribution is -2.29. The van der Waals surface area contributed by atoms with Crippen LogP contribution in [-0.4, -0.2) is 30.2 Å². The van der Waals surface area contributed by atoms with Crippen molar-refractivity contribution in [3.8, 4) is 5.75 Å². The number of hydrogen-bond donors (Lipinski definition) is 2. The Morgan fingerprint density at radius 1 is 1.41 bits per heavy atom. The molecule has 1 aliphatic heterocycles. The summed E-state index contributed by atoms with van der Waals surface area (Å²) in [4.78, 5) is 15.2. The number of hydrogen-bond acceptors (Lipinski definition) is 4. The number of nitrogens with two attached hydrogens (primary N) is 1. The van der Waals surface area contributed by atoms with E-state index in [1.54, 1.807) is 24.3 Å². The first-order chi connectivity index (χ1) is 10.5. The van der Waals surface area contributed by atoms with Gasteiger partial charge in [-0.25, -0.2) is 4.79 Å². The number of rotatable bonds is 3. The summed E-state index contributed by atoms with van der Waals surface area (Å²) >= 11 is 0. The van der Waals surface area contributed by atoms with E-state index in [0.717, 1.165) is 0 Å². The molecule has 1 amide bonds. The van der Waals surface area contributed by atoms with Gasteiger partial charge in [0.05, 0.1) is 0 Å². The van der Waals surface area contributed by atoms with E-state index in [1.165, 1.54) is 6.08 Å². The van der Waals surface area contributed by atoms with Crippen LogP contribution < -0.4 is 10.5 Å². The molecular formula is C16H22N2O4. The predicted molar refractivity (Wildman–Crippen MR) is 85.1 cm³/mol. The Bertz CT molecular complexity index is 581. The highest BCUT2D eigenvalue weighted by atomic mass is 16.5. The minimum Gasteiger partial charge on any atom is -0.512 e. The molecule has 0 bridgehead atoms. The van der Waals surface area contributed by atoms with Crippen molar-refractivity contribution in [2.24, 2.45) is 16.1 Å². The van der Waals surface area contributed by atoms with Crippen LogP contribution in [0.4, 0.5) is 4.79 Å². The Kier molecular flexibility index (Phi) is 5.16. The second-order valence-electron chi connectivity index (χ2n) is 5.42. The Morgan fingerprint density at radius 3 is 2.68 bits per heavy atom. The molecule has 6 heteroatoms. The Balaban J connectivity index is 0.00000264. The van der Waals surface area contributed by atoms with Crippen LogP contribution in [0.1, 0.15) is 21.2 Å². The van der Waals surface area contributed by atoms with Crippen molar-refractivity contribution < 1.29 is 20.8 Å². The van der Waals surface area contributed by atoms with Crippen LogP contribution in [0, 0.1) is 5.41 Å². The second kappa shape index (κ2) is 7.09. The third kappa shape index (κ3) is 4.33. The molecule has 1 heterocycles. The van der Waals surface area contributed by atoms with Crippen molar-refractivity contribution in [1.29, 1.82) is 0 Å². The molecule has 0 radical (unpaired) electrons. The Hall–Kier alpha value is -2.34. The van der Waals surface area contributed by atoms with Gasteiger partial charge >= 0.3 is 6.09 Å². The molecule has 0 aliphatic carbocycles. The van der Waals surface area contributed by atoms with Gasteiger partial charge in [-0.1, -0.05) is 25.1 Å². The molecule has 1 saturated heterocycles. The van der Waals surface area contributed by atoms with Crippen LogP contribution in [0.2, 0.25) is 0 Å². The van der Waals surface area contributed by atoms with E-state index in [-0.39, 0.29) is 13.0 Å². The van der Waals surface area contributed by atoms with Crippen LogP contribution >= 0.6 is 0 Å². The lowest BCUT2D eigenvalue weighted by atomic mass is 9.80. The highest BCUT2D eigenvalue weighted by molar-refractivity contribution is 5.98. The number of nitrogens with zero attached hydrogens (tertiary/aromatic N) is 1. The zero-order valence-corrected chi connectivity index (χ0v) is 12.5. The molecule has 6 nitrogen and oxygen atoms in total. The molecule has 0 spiro atoms. The number of benzene rings is 1. The monoisotopic (exact) mass is 306 g/mol. The maximum Gasteiger partial charge on any atom is 0.441 e. The standard InChI is InChI=1S/C16H20N2O4.H2/c1-16(7-9-21-10-8-16)13(19)11-14(17)18-15(20)22-12-5-3-2-4-6-12;/h2-6,11,19H,7-10H2,1H3,(H2,17,18,20);1H/b13-11-;. The SMILES string of the molecule is CC1(/C(O)=C/C(N)=N\C(=O)Oc2ccccc2)CCOCC1.[HH]. The highest BCUT2D eigenvalue weighted by Gasteiger charge is 2.31. The molecule has 22 heavy (non-hydrogen) atoms. The second-order valence-corrected chi connectivity index (χ2v) is 5.42. The molecule has 3 N–H and O–H groups in total. The first kappa shape index (κ1) is 16.0. The number of aliphatic imine (C=N–C) groups is 1. The quantitative estimate of drug-likeness (QED) is 0.508. The van der Waals surface area contributed by atoms with Crippen LogP contribution in [0.15, 0.2) is 47.2 Å². The predicted octanol–water partition coefficient (Wildman–Crippen LogP) is 3.05. The van der Waals surface area contributed by atoms with Gasteiger partial charge in [0.15, 0.2) is 0 Å². The summed E-state index contributed by atoms with van der Waals surface area (Å²) in [7, 11) is 0. The van der Waals surface area contributed by atoms with Gasteiger partial charge in [0, 0.05) is 26.1 Å². The number of aliphatic hydroxyl groups excluding tert-OH is 1. The average molecular weight is 306 g/mol. The maximum atomic E-state index is 11.6. The van der Waals surface area contributed by atoms with Crippen molar-refractivity contribution in [2.75, 3.05) is 13.2 Å². The number of allylic oxidation sites excluding steroid dienone is 1. The van der Waals surface area contributed by atoms with E-state index in [0.29, 0.717) is 31.8 Å². The average Bonchev–Trinajstić information content (AvgIpc) is 2.48. The normalized spacial score (nSPS) is 18.8. The van der Waals surface area contributed by atoms with E-state index in [4.69, 9.17) is 15.2 Å². The van der Waals surface area contributed by atoms with Gasteiger partial charge in [-0.3, -0.25) is 0 Å². The molecule has 120 valence electrons. The minimum atomic E-state index is -0.829. The topological polar surface area (TPSA) is 94.1 Å². The zero-order valence-electron chi connectivity index (χ0n) is 12.5. The summed E-state index contributed by atoms with van der Waals surface area (Å²) < 4.78 is 10.3. The molecule has 1 aliphatic rings. The minimum absolute atomic E-state index is 0. The number of ether oxygens (including phenoxy) is 2. The van der Waals surface area contributed by atoms with Gasteiger partial charge in [-0.05, 0) is 25.0 Å². The van der Waals surface area contributed by atoms with Crippen molar-refractivity contribution in [2.45, 2.75) is 19.8 Å². The Morgan fingerprint density at radius 2 is 2.05 bits per heavy atom. The number of amidine groups is 1. The zero-order chi connectivity index (χ0) is 16.0. The molecule has 1 aromatic rings. The molecule has 0 saturated carbocycles. The molecule has 0 aromatic heterocycles. The fraction of sp³-hybridized carbons (Fsp3) is 0.375. The maximum absolute atomic E-state index is 11.6. The van der Waals surface area contributed by atoms with Gasteiger partial charge in [-0.15, -0.1) is 0 Å².